The Labute approximate surface area is 231 Å². The summed E-state index contributed by atoms with van der Waals surface area (Å²) in [5.74, 6) is 9.93. The molecule has 1 unspecified atom stereocenters. The predicted molar refractivity (Wildman–Crippen MR) is 156 cm³/mol. The zero-order valence-electron chi connectivity index (χ0n) is 22.6. The number of hydrogen-bond acceptors (Lipinski definition) is 4. The first kappa shape index (κ1) is 28.6. The van der Waals surface area contributed by atoms with E-state index in [1.165, 1.54) is 11.1 Å². The molecule has 0 aliphatic carbocycles. The van der Waals surface area contributed by atoms with Crippen LogP contribution in [-0.2, 0) is 13.0 Å². The molecule has 1 atom stereocenters. The molecular weight excluding hydrogens is 526 g/mol. The predicted octanol–water partition coefficient (Wildman–Crippen LogP) is 7.38. The van der Waals surface area contributed by atoms with Gasteiger partial charge in [0.2, 0.25) is 0 Å². The van der Waals surface area contributed by atoms with Crippen molar-refractivity contribution in [2.45, 2.75) is 45.7 Å². The van der Waals surface area contributed by atoms with E-state index in [0.29, 0.717) is 5.92 Å². The molecule has 3 aromatic rings. The molecule has 0 saturated heterocycles. The Balaban J connectivity index is 1.83. The van der Waals surface area contributed by atoms with Gasteiger partial charge in [0, 0.05) is 16.6 Å². The normalized spacial score (nSPS) is 11.7. The minimum absolute atomic E-state index is 0.149. The molecule has 0 radical (unpaired) electrons. The van der Waals surface area contributed by atoms with Crippen molar-refractivity contribution in [3.8, 4) is 29.1 Å². The summed E-state index contributed by atoms with van der Waals surface area (Å²) in [4.78, 5) is 2.52. The van der Waals surface area contributed by atoms with Crippen LogP contribution in [0.15, 0.2) is 71.2 Å². The molecule has 0 fully saturated rings. The molecule has 5 heteroatoms. The van der Waals surface area contributed by atoms with Gasteiger partial charge in [0.05, 0.1) is 27.4 Å². The van der Waals surface area contributed by atoms with Gasteiger partial charge in [-0.2, -0.15) is 0 Å². The van der Waals surface area contributed by atoms with E-state index < -0.39 is 0 Å². The lowest BCUT2D eigenvalue weighted by atomic mass is 10.0. The fourth-order valence-electron chi connectivity index (χ4n) is 4.30. The Morgan fingerprint density at radius 3 is 2.16 bits per heavy atom. The average Bonchev–Trinajstić information content (AvgIpc) is 2.91. The van der Waals surface area contributed by atoms with Gasteiger partial charge in [-0.15, -0.1) is 0 Å². The Morgan fingerprint density at radius 1 is 0.865 bits per heavy atom. The molecule has 0 aromatic heterocycles. The molecule has 37 heavy (non-hydrogen) atoms. The van der Waals surface area contributed by atoms with Crippen LogP contribution in [0.1, 0.15) is 43.4 Å². The fourth-order valence-corrected chi connectivity index (χ4v) is 4.83. The average molecular weight is 565 g/mol. The number of nitrogens with zero attached hydrogens (tertiary/aromatic N) is 1. The van der Waals surface area contributed by atoms with Crippen LogP contribution in [0.2, 0.25) is 0 Å². The van der Waals surface area contributed by atoms with E-state index in [1.54, 1.807) is 21.3 Å². The van der Waals surface area contributed by atoms with Crippen molar-refractivity contribution in [1.29, 1.82) is 0 Å². The highest BCUT2D eigenvalue weighted by Crippen LogP contribution is 2.34. The summed E-state index contributed by atoms with van der Waals surface area (Å²) in [6.45, 7) is 6.29. The topological polar surface area (TPSA) is 30.9 Å². The lowest BCUT2D eigenvalue weighted by Gasteiger charge is -2.30. The Kier molecular flexibility index (Phi) is 11.4. The molecule has 3 rings (SSSR count). The molecule has 196 valence electrons. The highest BCUT2D eigenvalue weighted by molar-refractivity contribution is 9.10. The summed E-state index contributed by atoms with van der Waals surface area (Å²) in [5, 5.41) is 0. The molecule has 0 aliphatic heterocycles. The molecule has 0 saturated carbocycles. The zero-order chi connectivity index (χ0) is 26.6. The van der Waals surface area contributed by atoms with E-state index in [4.69, 9.17) is 14.2 Å². The molecule has 0 amide bonds. The van der Waals surface area contributed by atoms with Crippen LogP contribution in [0, 0.1) is 17.8 Å². The van der Waals surface area contributed by atoms with Gasteiger partial charge < -0.3 is 14.2 Å². The van der Waals surface area contributed by atoms with Crippen molar-refractivity contribution < 1.29 is 14.2 Å². The molecule has 4 nitrogen and oxygen atoms in total. The summed E-state index contributed by atoms with van der Waals surface area (Å²) < 4.78 is 17.4. The molecule has 0 heterocycles. The van der Waals surface area contributed by atoms with Crippen LogP contribution in [-0.4, -0.2) is 38.8 Å². The second-order valence-corrected chi connectivity index (χ2v) is 10.4. The maximum Gasteiger partial charge on any atom is 0.161 e. The molecule has 0 bridgehead atoms. The maximum atomic E-state index is 5.53. The van der Waals surface area contributed by atoms with E-state index in [-0.39, 0.29) is 6.04 Å². The van der Waals surface area contributed by atoms with Crippen molar-refractivity contribution in [2.75, 3.05) is 27.9 Å². The minimum atomic E-state index is 0.149. The zero-order valence-corrected chi connectivity index (χ0v) is 24.2. The van der Waals surface area contributed by atoms with Crippen LogP contribution < -0.4 is 14.2 Å². The quantitative estimate of drug-likeness (QED) is 0.215. The number of benzene rings is 3. The number of methoxy groups -OCH3 is 3. The second kappa shape index (κ2) is 14.7. The number of aryl methyl sites for hydroxylation is 1. The lowest BCUT2D eigenvalue weighted by Crippen LogP contribution is -2.36. The summed E-state index contributed by atoms with van der Waals surface area (Å²) in [6.07, 6.45) is 2.92. The van der Waals surface area contributed by atoms with Crippen LogP contribution in [0.3, 0.4) is 0 Å². The van der Waals surface area contributed by atoms with E-state index in [0.717, 1.165) is 59.6 Å². The first-order chi connectivity index (χ1) is 17.9. The highest BCUT2D eigenvalue weighted by atomic mass is 79.9. The van der Waals surface area contributed by atoms with Crippen LogP contribution in [0.4, 0.5) is 0 Å². The molecule has 0 N–H and O–H groups in total. The van der Waals surface area contributed by atoms with E-state index in [9.17, 15) is 0 Å². The van der Waals surface area contributed by atoms with Gasteiger partial charge in [-0.1, -0.05) is 72.0 Å². The van der Waals surface area contributed by atoms with Crippen molar-refractivity contribution in [3.63, 3.8) is 0 Å². The van der Waals surface area contributed by atoms with Gasteiger partial charge in [-0.05, 0) is 79.3 Å². The first-order valence-electron chi connectivity index (χ1n) is 12.8. The fraction of sp³-hybridized carbons (Fsp3) is 0.375. The van der Waals surface area contributed by atoms with Crippen molar-refractivity contribution in [2.24, 2.45) is 5.92 Å². The minimum Gasteiger partial charge on any atom is -0.497 e. The number of hydrogen-bond donors (Lipinski definition) is 0. The van der Waals surface area contributed by atoms with Crippen molar-refractivity contribution in [3.05, 3.63) is 87.9 Å². The van der Waals surface area contributed by atoms with Crippen LogP contribution in [0.25, 0.3) is 0 Å². The summed E-state index contributed by atoms with van der Waals surface area (Å²) >= 11 is 3.71. The lowest BCUT2D eigenvalue weighted by molar-refractivity contribution is 0.202. The standard InChI is InChI=1S/C32H38BrNO3/c1-24(2)20-28(16-13-25-10-7-6-8-11-25)34(23-26-14-17-29(35-3)18-15-26)19-9-12-27-21-31(36-4)32(37-5)22-30(27)33/h6-8,10-11,14-15,17-18,21-22,24,28H,9,12,19-20,23H2,1-5H3. The van der Waals surface area contributed by atoms with Gasteiger partial charge in [-0.3, -0.25) is 4.90 Å². The third kappa shape index (κ3) is 8.84. The third-order valence-electron chi connectivity index (χ3n) is 6.28. The number of halogens is 1. The Bertz CT molecular complexity index is 1170. The van der Waals surface area contributed by atoms with E-state index in [2.05, 4.69) is 76.9 Å². The first-order valence-corrected chi connectivity index (χ1v) is 13.6. The summed E-state index contributed by atoms with van der Waals surface area (Å²) in [7, 11) is 5.03. The Hall–Kier alpha value is -2.94. The highest BCUT2D eigenvalue weighted by Gasteiger charge is 2.19. The maximum absolute atomic E-state index is 5.53. The SMILES string of the molecule is COc1ccc(CN(CCCc2cc(OC)c(OC)cc2Br)C(C#Cc2ccccc2)CC(C)C)cc1. The van der Waals surface area contributed by atoms with Crippen molar-refractivity contribution in [1.82, 2.24) is 4.90 Å². The van der Waals surface area contributed by atoms with Gasteiger partial charge in [-0.25, -0.2) is 0 Å². The molecule has 0 spiro atoms. The largest absolute Gasteiger partial charge is 0.497 e. The third-order valence-corrected chi connectivity index (χ3v) is 7.02. The molecular formula is C32H38BrNO3. The molecule has 3 aromatic carbocycles. The second-order valence-electron chi connectivity index (χ2n) is 9.50. The molecule has 0 aliphatic rings. The number of ether oxygens (including phenoxy) is 3. The van der Waals surface area contributed by atoms with Gasteiger partial charge in [0.1, 0.15) is 5.75 Å². The van der Waals surface area contributed by atoms with Gasteiger partial charge in [0.25, 0.3) is 0 Å². The van der Waals surface area contributed by atoms with Gasteiger partial charge >= 0.3 is 0 Å². The summed E-state index contributed by atoms with van der Waals surface area (Å²) in [6, 6.07) is 22.8. The van der Waals surface area contributed by atoms with Crippen LogP contribution >= 0.6 is 15.9 Å². The smallest absolute Gasteiger partial charge is 0.161 e. The number of rotatable bonds is 12. The van der Waals surface area contributed by atoms with Crippen LogP contribution in [0.5, 0.6) is 17.2 Å². The summed E-state index contributed by atoms with van der Waals surface area (Å²) in [5.41, 5.74) is 3.51. The van der Waals surface area contributed by atoms with E-state index >= 15 is 0 Å². The Morgan fingerprint density at radius 2 is 1.54 bits per heavy atom. The van der Waals surface area contributed by atoms with Crippen molar-refractivity contribution >= 4 is 15.9 Å². The van der Waals surface area contributed by atoms with Gasteiger partial charge in [0.15, 0.2) is 11.5 Å². The monoisotopic (exact) mass is 563 g/mol. The van der Waals surface area contributed by atoms with E-state index in [1.807, 2.05) is 36.4 Å².